The summed E-state index contributed by atoms with van der Waals surface area (Å²) in [7, 11) is 0. The van der Waals surface area contributed by atoms with Crippen LogP contribution in [0.5, 0.6) is 0 Å². The van der Waals surface area contributed by atoms with Crippen molar-refractivity contribution in [1.29, 1.82) is 0 Å². The molecule has 54 valence electrons. The Balaban J connectivity index is 2.68. The van der Waals surface area contributed by atoms with Gasteiger partial charge in [0.1, 0.15) is 6.26 Å². The van der Waals surface area contributed by atoms with E-state index in [2.05, 4.69) is 20.3 Å². The lowest BCUT2D eigenvalue weighted by Gasteiger charge is -2.24. The molecule has 1 atom stereocenters. The average Bonchev–Trinajstić information content (AvgIpc) is 1.89. The average molecular weight is 141 g/mol. The monoisotopic (exact) mass is 141 g/mol. The van der Waals surface area contributed by atoms with Crippen LogP contribution >= 0.6 is 0 Å². The molecule has 0 saturated heterocycles. The van der Waals surface area contributed by atoms with Crippen molar-refractivity contribution in [1.82, 2.24) is 5.48 Å². The SMILES string of the molecule is [N-]=[N+]=NC1(N)CC=CON1. The lowest BCUT2D eigenvalue weighted by atomic mass is 10.2. The predicted octanol–water partition coefficient (Wildman–Crippen LogP) is 0.348. The Bertz CT molecular complexity index is 196. The van der Waals surface area contributed by atoms with Crippen molar-refractivity contribution in [2.24, 2.45) is 10.8 Å². The molecule has 0 spiro atoms. The van der Waals surface area contributed by atoms with Crippen molar-refractivity contribution in [3.8, 4) is 0 Å². The van der Waals surface area contributed by atoms with Crippen molar-refractivity contribution in [3.05, 3.63) is 22.8 Å². The van der Waals surface area contributed by atoms with E-state index in [4.69, 9.17) is 11.3 Å². The van der Waals surface area contributed by atoms with Crippen LogP contribution in [0, 0.1) is 0 Å². The van der Waals surface area contributed by atoms with E-state index in [1.54, 1.807) is 6.08 Å². The smallest absolute Gasteiger partial charge is 0.183 e. The van der Waals surface area contributed by atoms with E-state index in [1.807, 2.05) is 0 Å². The first kappa shape index (κ1) is 6.88. The fourth-order valence-electron chi connectivity index (χ4n) is 0.595. The second-order valence-corrected chi connectivity index (χ2v) is 1.91. The third-order valence-electron chi connectivity index (χ3n) is 1.05. The van der Waals surface area contributed by atoms with E-state index >= 15 is 0 Å². The van der Waals surface area contributed by atoms with Gasteiger partial charge >= 0.3 is 0 Å². The molecule has 0 saturated carbocycles. The lowest BCUT2D eigenvalue weighted by Crippen LogP contribution is -2.51. The van der Waals surface area contributed by atoms with Crippen molar-refractivity contribution < 1.29 is 4.84 Å². The van der Waals surface area contributed by atoms with Crippen molar-refractivity contribution in [2.75, 3.05) is 0 Å². The van der Waals surface area contributed by atoms with Crippen LogP contribution in [0.1, 0.15) is 6.42 Å². The molecule has 0 aromatic rings. The van der Waals surface area contributed by atoms with Crippen molar-refractivity contribution >= 4 is 0 Å². The molecule has 6 heteroatoms. The molecule has 3 N–H and O–H groups in total. The van der Waals surface area contributed by atoms with Gasteiger partial charge in [0.15, 0.2) is 5.79 Å². The summed E-state index contributed by atoms with van der Waals surface area (Å²) >= 11 is 0. The first-order chi connectivity index (χ1) is 4.77. The van der Waals surface area contributed by atoms with Crippen LogP contribution in [0.25, 0.3) is 10.4 Å². The maximum absolute atomic E-state index is 8.04. The number of hydrogen-bond donors (Lipinski definition) is 2. The summed E-state index contributed by atoms with van der Waals surface area (Å²) in [6, 6.07) is 0. The highest BCUT2D eigenvalue weighted by atomic mass is 16.6. The fourth-order valence-corrected chi connectivity index (χ4v) is 0.595. The summed E-state index contributed by atoms with van der Waals surface area (Å²) < 4.78 is 0. The third-order valence-corrected chi connectivity index (χ3v) is 1.05. The van der Waals surface area contributed by atoms with Crippen molar-refractivity contribution in [2.45, 2.75) is 12.2 Å². The van der Waals surface area contributed by atoms with Crippen LogP contribution in [0.4, 0.5) is 0 Å². The van der Waals surface area contributed by atoms with E-state index in [1.165, 1.54) is 6.26 Å². The summed E-state index contributed by atoms with van der Waals surface area (Å²) in [5, 5.41) is 3.29. The molecule has 1 rings (SSSR count). The Morgan fingerprint density at radius 2 is 2.70 bits per heavy atom. The lowest BCUT2D eigenvalue weighted by molar-refractivity contribution is 0.0350. The van der Waals surface area contributed by atoms with Gasteiger partial charge in [-0.25, -0.2) is 0 Å². The number of rotatable bonds is 1. The molecule has 1 heterocycles. The number of nitrogens with zero attached hydrogens (tertiary/aromatic N) is 3. The van der Waals surface area contributed by atoms with Crippen LogP contribution in [-0.2, 0) is 4.84 Å². The molecule has 0 aromatic heterocycles. The topological polar surface area (TPSA) is 96.0 Å². The van der Waals surface area contributed by atoms with Gasteiger partial charge < -0.3 is 10.6 Å². The standard InChI is InChI=1S/C4H7N5O/c5-4(7-9-6)2-1-3-10-8-4/h1,3,8H,2,5H2. The Morgan fingerprint density at radius 3 is 3.20 bits per heavy atom. The van der Waals surface area contributed by atoms with E-state index in [-0.39, 0.29) is 0 Å². The Labute approximate surface area is 57.2 Å². The van der Waals surface area contributed by atoms with Gasteiger partial charge in [-0.05, 0) is 11.6 Å². The normalized spacial score (nSPS) is 30.5. The van der Waals surface area contributed by atoms with E-state index in [0.29, 0.717) is 6.42 Å². The summed E-state index contributed by atoms with van der Waals surface area (Å²) in [4.78, 5) is 7.17. The summed E-state index contributed by atoms with van der Waals surface area (Å²) in [5.74, 6) is -1.12. The van der Waals surface area contributed by atoms with Gasteiger partial charge in [0.2, 0.25) is 0 Å². The molecule has 0 radical (unpaired) electrons. The van der Waals surface area contributed by atoms with Gasteiger partial charge in [-0.2, -0.15) is 0 Å². The van der Waals surface area contributed by atoms with E-state index < -0.39 is 5.79 Å². The molecule has 1 unspecified atom stereocenters. The number of hydroxylamine groups is 1. The summed E-state index contributed by atoms with van der Waals surface area (Å²) in [5.41, 5.74) is 15.9. The van der Waals surface area contributed by atoms with Crippen LogP contribution in [0.15, 0.2) is 17.5 Å². The number of azide groups is 1. The fraction of sp³-hybridized carbons (Fsp3) is 0.500. The van der Waals surface area contributed by atoms with Gasteiger partial charge in [-0.3, -0.25) is 0 Å². The van der Waals surface area contributed by atoms with Gasteiger partial charge in [-0.1, -0.05) is 5.11 Å². The first-order valence-electron chi connectivity index (χ1n) is 2.70. The van der Waals surface area contributed by atoms with Gasteiger partial charge in [0.25, 0.3) is 0 Å². The van der Waals surface area contributed by atoms with Crippen LogP contribution in [0.3, 0.4) is 0 Å². The maximum atomic E-state index is 8.04. The third kappa shape index (κ3) is 1.38. The molecular weight excluding hydrogens is 134 g/mol. The minimum absolute atomic E-state index is 0.428. The quantitative estimate of drug-likeness (QED) is 0.313. The van der Waals surface area contributed by atoms with Crippen LogP contribution in [0.2, 0.25) is 0 Å². The number of nitrogens with two attached hydrogens (primary N) is 1. The summed E-state index contributed by atoms with van der Waals surface area (Å²) in [6.07, 6.45) is 3.54. The van der Waals surface area contributed by atoms with Gasteiger partial charge in [0, 0.05) is 11.3 Å². The zero-order chi connectivity index (χ0) is 7.45. The Morgan fingerprint density at radius 1 is 1.90 bits per heavy atom. The van der Waals surface area contributed by atoms with E-state index in [0.717, 1.165) is 0 Å². The highest BCUT2D eigenvalue weighted by molar-refractivity contribution is 4.90. The molecule has 0 aromatic carbocycles. The van der Waals surface area contributed by atoms with E-state index in [9.17, 15) is 0 Å². The van der Waals surface area contributed by atoms with Gasteiger partial charge in [-0.15, -0.1) is 5.48 Å². The predicted molar refractivity (Wildman–Crippen MR) is 34.0 cm³/mol. The molecule has 6 nitrogen and oxygen atoms in total. The highest BCUT2D eigenvalue weighted by Crippen LogP contribution is 2.09. The molecule has 1 aliphatic heterocycles. The van der Waals surface area contributed by atoms with Gasteiger partial charge in [0.05, 0.1) is 0 Å². The second kappa shape index (κ2) is 2.57. The number of hydrogen-bond acceptors (Lipinski definition) is 4. The molecule has 0 bridgehead atoms. The molecular formula is C4H7N5O. The number of nitrogens with one attached hydrogen (secondary N) is 1. The molecule has 10 heavy (non-hydrogen) atoms. The summed E-state index contributed by atoms with van der Waals surface area (Å²) in [6.45, 7) is 0. The molecule has 0 fully saturated rings. The molecule has 1 aliphatic rings. The van der Waals surface area contributed by atoms with Crippen molar-refractivity contribution in [3.63, 3.8) is 0 Å². The second-order valence-electron chi connectivity index (χ2n) is 1.91. The zero-order valence-corrected chi connectivity index (χ0v) is 5.19. The maximum Gasteiger partial charge on any atom is 0.183 e. The van der Waals surface area contributed by atoms with Crippen LogP contribution < -0.4 is 11.2 Å². The Kier molecular flexibility index (Phi) is 1.77. The minimum Gasteiger partial charge on any atom is -0.415 e. The van der Waals surface area contributed by atoms with Crippen LogP contribution in [-0.4, -0.2) is 5.79 Å². The minimum atomic E-state index is -1.12. The Hall–Kier alpha value is -1.23. The first-order valence-corrected chi connectivity index (χ1v) is 2.70. The molecule has 0 aliphatic carbocycles. The largest absolute Gasteiger partial charge is 0.415 e. The molecule has 0 amide bonds. The highest BCUT2D eigenvalue weighted by Gasteiger charge is 2.23. The zero-order valence-electron chi connectivity index (χ0n) is 5.19.